The largest absolute Gasteiger partial charge is 0.379 e. The minimum absolute atomic E-state index is 0.0812. The van der Waals surface area contributed by atoms with Crippen LogP contribution in [0.4, 0.5) is 4.39 Å². The van der Waals surface area contributed by atoms with Gasteiger partial charge in [-0.15, -0.1) is 0 Å². The van der Waals surface area contributed by atoms with E-state index < -0.39 is 11.9 Å². The number of hydrogen-bond donors (Lipinski definition) is 0. The predicted molar refractivity (Wildman–Crippen MR) is 170 cm³/mol. The van der Waals surface area contributed by atoms with Crippen LogP contribution >= 0.6 is 0 Å². The van der Waals surface area contributed by atoms with Crippen LogP contribution in [0.25, 0.3) is 0 Å². The van der Waals surface area contributed by atoms with Crippen LogP contribution in [0.1, 0.15) is 123 Å². The third-order valence-electron chi connectivity index (χ3n) is 14.6. The first kappa shape index (κ1) is 29.8. The molecule has 5 saturated carbocycles. The summed E-state index contributed by atoms with van der Waals surface area (Å²) in [5, 5.41) is 0. The van der Waals surface area contributed by atoms with Gasteiger partial charge < -0.3 is 9.47 Å². The number of nitrogens with zero attached hydrogens (tertiary/aromatic N) is 3. The number of ether oxygens (including phenoxy) is 2. The third-order valence-corrected chi connectivity index (χ3v) is 14.6. The zero-order valence-corrected chi connectivity index (χ0v) is 27.4. The van der Waals surface area contributed by atoms with E-state index in [4.69, 9.17) is 14.5 Å². The molecule has 9 atom stereocenters. The molecule has 242 valence electrons. The molecule has 5 nitrogen and oxygen atoms in total. The SMILES string of the molecule is CC(C)CN1C2CC(F)CCC2C2(CCCCC2)C12C=NC1C(CC(N3CCOCC3)C3CCCCC31C1CCCC1)O2. The number of halogens is 1. The average molecular weight is 598 g/mol. The second kappa shape index (κ2) is 11.6. The fourth-order valence-electron chi connectivity index (χ4n) is 13.2. The van der Waals surface area contributed by atoms with E-state index in [0.29, 0.717) is 30.3 Å². The zero-order valence-electron chi connectivity index (χ0n) is 27.4. The van der Waals surface area contributed by atoms with Gasteiger partial charge in [-0.3, -0.25) is 14.8 Å². The number of rotatable bonds is 4. The zero-order chi connectivity index (χ0) is 29.2. The molecule has 0 aromatic heterocycles. The Hall–Kier alpha value is -0.560. The third kappa shape index (κ3) is 4.52. The van der Waals surface area contributed by atoms with Crippen LogP contribution in [0.5, 0.6) is 0 Å². The summed E-state index contributed by atoms with van der Waals surface area (Å²) in [6.07, 6.45) is 22.9. The van der Waals surface area contributed by atoms with Crippen molar-refractivity contribution < 1.29 is 13.9 Å². The minimum Gasteiger partial charge on any atom is -0.379 e. The van der Waals surface area contributed by atoms with Crippen LogP contribution < -0.4 is 0 Å². The lowest BCUT2D eigenvalue weighted by molar-refractivity contribution is -0.240. The highest BCUT2D eigenvalue weighted by Crippen LogP contribution is 2.67. The molecular formula is C37H60FN3O2. The van der Waals surface area contributed by atoms with Gasteiger partial charge in [0.25, 0.3) is 0 Å². The summed E-state index contributed by atoms with van der Waals surface area (Å²) in [7, 11) is 0. The van der Waals surface area contributed by atoms with Gasteiger partial charge in [0.1, 0.15) is 6.17 Å². The van der Waals surface area contributed by atoms with Gasteiger partial charge >= 0.3 is 0 Å². The van der Waals surface area contributed by atoms with Crippen LogP contribution in [0.3, 0.4) is 0 Å². The van der Waals surface area contributed by atoms with Crippen molar-refractivity contribution in [3.8, 4) is 0 Å². The van der Waals surface area contributed by atoms with Crippen molar-refractivity contribution in [2.45, 2.75) is 159 Å². The highest BCUT2D eigenvalue weighted by Gasteiger charge is 2.72. The molecule has 8 aliphatic rings. The van der Waals surface area contributed by atoms with Gasteiger partial charge in [0.2, 0.25) is 0 Å². The van der Waals surface area contributed by atoms with Gasteiger partial charge in [0.15, 0.2) is 5.72 Å². The summed E-state index contributed by atoms with van der Waals surface area (Å²) in [5.41, 5.74) is -0.110. The number of alkyl halides is 1. The van der Waals surface area contributed by atoms with E-state index in [0.717, 1.165) is 63.9 Å². The highest BCUT2D eigenvalue weighted by atomic mass is 19.1. The van der Waals surface area contributed by atoms with Crippen molar-refractivity contribution in [3.05, 3.63) is 0 Å². The number of morpholine rings is 1. The summed E-state index contributed by atoms with van der Waals surface area (Å²) in [5.74, 6) is 2.57. The summed E-state index contributed by atoms with van der Waals surface area (Å²) in [4.78, 5) is 11.5. The van der Waals surface area contributed by atoms with Crippen molar-refractivity contribution in [2.24, 2.45) is 39.5 Å². The first-order chi connectivity index (χ1) is 21.0. The molecule has 7 fully saturated rings. The van der Waals surface area contributed by atoms with Gasteiger partial charge in [-0.2, -0.15) is 0 Å². The van der Waals surface area contributed by atoms with Crippen LogP contribution in [0.2, 0.25) is 0 Å². The fraction of sp³-hybridized carbons (Fsp3) is 0.973. The molecule has 43 heavy (non-hydrogen) atoms. The lowest BCUT2D eigenvalue weighted by atomic mass is 9.49. The Balaban J connectivity index is 1.25. The van der Waals surface area contributed by atoms with Crippen LogP contribution in [0, 0.1) is 34.5 Å². The van der Waals surface area contributed by atoms with E-state index in [1.165, 1.54) is 83.5 Å². The standard InChI is InChI=1S/C37H60FN3O2/c1-26(2)24-41-32-22-28(38)13-14-29(32)35(15-7-3-8-16-35)37(41)25-39-34-33(43-37)23-31(40-18-20-42-21-19-40)30-12-6-9-17-36(30,34)27-10-4-5-11-27/h25-34H,3-24H2,1-2H3. The van der Waals surface area contributed by atoms with E-state index in [9.17, 15) is 0 Å². The maximum Gasteiger partial charge on any atom is 0.164 e. The second-order valence-electron chi connectivity index (χ2n) is 16.8. The smallest absolute Gasteiger partial charge is 0.164 e. The number of hydrogen-bond acceptors (Lipinski definition) is 5. The molecule has 5 aliphatic carbocycles. The summed E-state index contributed by atoms with van der Waals surface area (Å²) in [6.45, 7) is 9.57. The number of aliphatic imine (C=N–C) groups is 1. The second-order valence-corrected chi connectivity index (χ2v) is 16.8. The Morgan fingerprint density at radius 1 is 0.837 bits per heavy atom. The molecule has 0 N–H and O–H groups in total. The molecule has 0 radical (unpaired) electrons. The Morgan fingerprint density at radius 3 is 2.35 bits per heavy atom. The Labute approximate surface area is 261 Å². The molecule has 8 rings (SSSR count). The Kier molecular flexibility index (Phi) is 8.04. The lowest BCUT2D eigenvalue weighted by Gasteiger charge is -2.64. The van der Waals surface area contributed by atoms with Crippen molar-refractivity contribution in [3.63, 3.8) is 0 Å². The molecule has 2 saturated heterocycles. The van der Waals surface area contributed by atoms with E-state index in [1.807, 2.05) is 0 Å². The molecule has 2 spiro atoms. The maximum absolute atomic E-state index is 15.3. The van der Waals surface area contributed by atoms with Crippen LogP contribution in [-0.4, -0.2) is 85.0 Å². The summed E-state index contributed by atoms with van der Waals surface area (Å²) >= 11 is 0. The summed E-state index contributed by atoms with van der Waals surface area (Å²) in [6, 6.07) is 1.16. The normalized spacial score (nSPS) is 47.2. The van der Waals surface area contributed by atoms with E-state index >= 15 is 4.39 Å². The fourth-order valence-corrected chi connectivity index (χ4v) is 13.2. The predicted octanol–water partition coefficient (Wildman–Crippen LogP) is 7.42. The molecule has 0 amide bonds. The molecule has 0 aromatic carbocycles. The number of fused-ring (bicyclic) bond motifs is 6. The van der Waals surface area contributed by atoms with Crippen molar-refractivity contribution in [1.82, 2.24) is 9.80 Å². The average Bonchev–Trinajstić information content (AvgIpc) is 3.64. The van der Waals surface area contributed by atoms with Crippen molar-refractivity contribution >= 4 is 6.21 Å². The Bertz CT molecular complexity index is 1020. The topological polar surface area (TPSA) is 37.3 Å². The molecule has 3 heterocycles. The van der Waals surface area contributed by atoms with Gasteiger partial charge in [-0.1, -0.05) is 58.8 Å². The quantitative estimate of drug-likeness (QED) is 0.338. The highest BCUT2D eigenvalue weighted by molar-refractivity contribution is 5.73. The van der Waals surface area contributed by atoms with E-state index in [1.54, 1.807) is 0 Å². The summed E-state index contributed by atoms with van der Waals surface area (Å²) < 4.78 is 29.2. The lowest BCUT2D eigenvalue weighted by Crippen LogP contribution is -2.71. The van der Waals surface area contributed by atoms with E-state index in [-0.39, 0.29) is 23.0 Å². The van der Waals surface area contributed by atoms with Gasteiger partial charge in [-0.25, -0.2) is 4.39 Å². The van der Waals surface area contributed by atoms with Gasteiger partial charge in [0, 0.05) is 48.8 Å². The Morgan fingerprint density at radius 2 is 1.58 bits per heavy atom. The van der Waals surface area contributed by atoms with Crippen LogP contribution in [0.15, 0.2) is 4.99 Å². The molecule has 3 aliphatic heterocycles. The van der Waals surface area contributed by atoms with Crippen molar-refractivity contribution in [1.29, 1.82) is 0 Å². The first-order valence-corrected chi connectivity index (χ1v) is 18.9. The first-order valence-electron chi connectivity index (χ1n) is 18.9. The maximum atomic E-state index is 15.3. The number of likely N-dealkylation sites (tertiary alicyclic amines) is 1. The van der Waals surface area contributed by atoms with Gasteiger partial charge in [-0.05, 0) is 87.9 Å². The molecule has 0 aromatic rings. The molecular weight excluding hydrogens is 537 g/mol. The minimum atomic E-state index is -0.672. The van der Waals surface area contributed by atoms with Crippen LogP contribution in [-0.2, 0) is 9.47 Å². The monoisotopic (exact) mass is 597 g/mol. The molecule has 9 unspecified atom stereocenters. The molecule has 6 heteroatoms. The van der Waals surface area contributed by atoms with E-state index in [2.05, 4.69) is 29.9 Å². The van der Waals surface area contributed by atoms with Gasteiger partial charge in [0.05, 0.1) is 25.4 Å². The van der Waals surface area contributed by atoms with Crippen molar-refractivity contribution in [2.75, 3.05) is 32.8 Å². The molecule has 0 bridgehead atoms.